The van der Waals surface area contributed by atoms with Gasteiger partial charge in [0.2, 0.25) is 0 Å². The highest BCUT2D eigenvalue weighted by Gasteiger charge is 2.37. The Bertz CT molecular complexity index is 93.3. The lowest BCUT2D eigenvalue weighted by Crippen LogP contribution is -1.95. The van der Waals surface area contributed by atoms with Gasteiger partial charge in [0.25, 0.3) is 0 Å². The van der Waals surface area contributed by atoms with Gasteiger partial charge in [-0.1, -0.05) is 26.2 Å². The van der Waals surface area contributed by atoms with Gasteiger partial charge in [-0.15, -0.1) is 0 Å². The van der Waals surface area contributed by atoms with Crippen LogP contribution in [0.25, 0.3) is 0 Å². The van der Waals surface area contributed by atoms with Crippen LogP contribution in [-0.2, 0) is 9.47 Å². The van der Waals surface area contributed by atoms with E-state index in [0.717, 1.165) is 0 Å². The molecule has 2 atom stereocenters. The SMILES string of the molecule is CCCCCC1OC1OC. The van der Waals surface area contributed by atoms with E-state index >= 15 is 0 Å². The lowest BCUT2D eigenvalue weighted by Gasteiger charge is -1.92. The summed E-state index contributed by atoms with van der Waals surface area (Å²) in [5.41, 5.74) is 0. The molecule has 0 aromatic rings. The molecule has 1 heterocycles. The number of methoxy groups -OCH3 is 1. The van der Waals surface area contributed by atoms with Crippen LogP contribution in [0.3, 0.4) is 0 Å². The van der Waals surface area contributed by atoms with Gasteiger partial charge in [-0.2, -0.15) is 0 Å². The Morgan fingerprint density at radius 2 is 2.20 bits per heavy atom. The third-order valence-corrected chi connectivity index (χ3v) is 1.86. The Kier molecular flexibility index (Phi) is 3.16. The van der Waals surface area contributed by atoms with Crippen molar-refractivity contribution in [2.45, 2.75) is 45.0 Å². The molecular formula is C8H16O2. The minimum Gasteiger partial charge on any atom is -0.353 e. The predicted octanol–water partition coefficient (Wildman–Crippen LogP) is 1.94. The smallest absolute Gasteiger partial charge is 0.184 e. The molecule has 2 unspecified atom stereocenters. The molecule has 0 aliphatic carbocycles. The number of hydrogen-bond donors (Lipinski definition) is 0. The van der Waals surface area contributed by atoms with Gasteiger partial charge in [-0.05, 0) is 6.42 Å². The number of rotatable bonds is 5. The standard InChI is InChI=1S/C8H16O2/c1-3-4-5-6-7-8(9-2)10-7/h7-8H,3-6H2,1-2H3. The number of epoxide rings is 1. The molecule has 0 amide bonds. The van der Waals surface area contributed by atoms with Crippen LogP contribution in [0.1, 0.15) is 32.6 Å². The van der Waals surface area contributed by atoms with E-state index in [9.17, 15) is 0 Å². The lowest BCUT2D eigenvalue weighted by atomic mass is 10.2. The van der Waals surface area contributed by atoms with Crippen LogP contribution in [0, 0.1) is 0 Å². The Hall–Kier alpha value is -0.0800. The molecule has 1 rings (SSSR count). The monoisotopic (exact) mass is 144 g/mol. The minimum atomic E-state index is 0.122. The van der Waals surface area contributed by atoms with E-state index in [1.165, 1.54) is 25.7 Å². The zero-order valence-electron chi connectivity index (χ0n) is 6.80. The van der Waals surface area contributed by atoms with E-state index in [-0.39, 0.29) is 6.29 Å². The first-order valence-electron chi connectivity index (χ1n) is 4.06. The summed E-state index contributed by atoms with van der Waals surface area (Å²) in [5.74, 6) is 0. The molecule has 60 valence electrons. The largest absolute Gasteiger partial charge is 0.353 e. The second-order valence-corrected chi connectivity index (χ2v) is 2.77. The Balaban J connectivity index is 1.87. The number of unbranched alkanes of at least 4 members (excludes halogenated alkanes) is 2. The van der Waals surface area contributed by atoms with Gasteiger partial charge >= 0.3 is 0 Å². The third-order valence-electron chi connectivity index (χ3n) is 1.86. The summed E-state index contributed by atoms with van der Waals surface area (Å²) in [4.78, 5) is 0. The van der Waals surface area contributed by atoms with E-state index in [0.29, 0.717) is 6.10 Å². The van der Waals surface area contributed by atoms with Crippen LogP contribution < -0.4 is 0 Å². The highest BCUT2D eigenvalue weighted by atomic mass is 16.8. The van der Waals surface area contributed by atoms with Gasteiger partial charge in [-0.25, -0.2) is 0 Å². The summed E-state index contributed by atoms with van der Waals surface area (Å²) in [6, 6.07) is 0. The van der Waals surface area contributed by atoms with Crippen LogP contribution in [-0.4, -0.2) is 19.5 Å². The van der Waals surface area contributed by atoms with Crippen molar-refractivity contribution >= 4 is 0 Å². The first-order chi connectivity index (χ1) is 4.88. The Morgan fingerprint density at radius 3 is 2.70 bits per heavy atom. The fourth-order valence-corrected chi connectivity index (χ4v) is 1.13. The zero-order chi connectivity index (χ0) is 7.40. The first kappa shape index (κ1) is 8.02. The first-order valence-corrected chi connectivity index (χ1v) is 4.06. The molecule has 0 saturated carbocycles. The summed E-state index contributed by atoms with van der Waals surface area (Å²) in [6.45, 7) is 2.21. The molecule has 1 aliphatic rings. The molecule has 0 N–H and O–H groups in total. The molecule has 0 bridgehead atoms. The maximum absolute atomic E-state index is 5.19. The summed E-state index contributed by atoms with van der Waals surface area (Å²) >= 11 is 0. The summed E-state index contributed by atoms with van der Waals surface area (Å²) < 4.78 is 10.2. The van der Waals surface area contributed by atoms with Crippen molar-refractivity contribution in [1.82, 2.24) is 0 Å². The van der Waals surface area contributed by atoms with Crippen LogP contribution >= 0.6 is 0 Å². The van der Waals surface area contributed by atoms with Crippen molar-refractivity contribution in [3.63, 3.8) is 0 Å². The second-order valence-electron chi connectivity index (χ2n) is 2.77. The quantitative estimate of drug-likeness (QED) is 0.434. The van der Waals surface area contributed by atoms with Crippen LogP contribution in [0.2, 0.25) is 0 Å². The minimum absolute atomic E-state index is 0.122. The van der Waals surface area contributed by atoms with Gasteiger partial charge < -0.3 is 9.47 Å². The van der Waals surface area contributed by atoms with Crippen molar-refractivity contribution in [3.05, 3.63) is 0 Å². The summed E-state index contributed by atoms with van der Waals surface area (Å²) in [7, 11) is 1.70. The van der Waals surface area contributed by atoms with E-state index in [1.54, 1.807) is 7.11 Å². The lowest BCUT2D eigenvalue weighted by molar-refractivity contribution is 0.0950. The average molecular weight is 144 g/mol. The molecule has 0 radical (unpaired) electrons. The molecule has 0 aromatic heterocycles. The maximum atomic E-state index is 5.19. The molecule has 1 saturated heterocycles. The van der Waals surface area contributed by atoms with Crippen LogP contribution in [0.15, 0.2) is 0 Å². The van der Waals surface area contributed by atoms with E-state index in [1.807, 2.05) is 0 Å². The fraction of sp³-hybridized carbons (Fsp3) is 1.00. The van der Waals surface area contributed by atoms with Crippen LogP contribution in [0.5, 0.6) is 0 Å². The second kappa shape index (κ2) is 3.94. The van der Waals surface area contributed by atoms with Crippen molar-refractivity contribution < 1.29 is 9.47 Å². The summed E-state index contributed by atoms with van der Waals surface area (Å²) in [5, 5.41) is 0. The Morgan fingerprint density at radius 1 is 1.40 bits per heavy atom. The van der Waals surface area contributed by atoms with Gasteiger partial charge in [0.15, 0.2) is 6.29 Å². The van der Waals surface area contributed by atoms with E-state index in [4.69, 9.17) is 9.47 Å². The highest BCUT2D eigenvalue weighted by molar-refractivity contribution is 4.75. The highest BCUT2D eigenvalue weighted by Crippen LogP contribution is 2.27. The maximum Gasteiger partial charge on any atom is 0.184 e. The third kappa shape index (κ3) is 2.27. The zero-order valence-corrected chi connectivity index (χ0v) is 6.80. The number of hydrogen-bond acceptors (Lipinski definition) is 2. The molecular weight excluding hydrogens is 128 g/mol. The predicted molar refractivity (Wildman–Crippen MR) is 39.8 cm³/mol. The molecule has 1 fully saturated rings. The van der Waals surface area contributed by atoms with Gasteiger partial charge in [0.05, 0.1) is 0 Å². The molecule has 0 spiro atoms. The molecule has 2 nitrogen and oxygen atoms in total. The molecule has 2 heteroatoms. The van der Waals surface area contributed by atoms with Crippen molar-refractivity contribution in [1.29, 1.82) is 0 Å². The van der Waals surface area contributed by atoms with Crippen molar-refractivity contribution in [3.8, 4) is 0 Å². The topological polar surface area (TPSA) is 21.8 Å². The van der Waals surface area contributed by atoms with E-state index in [2.05, 4.69) is 6.92 Å². The average Bonchev–Trinajstić information content (AvgIpc) is 2.68. The van der Waals surface area contributed by atoms with Gasteiger partial charge in [-0.3, -0.25) is 0 Å². The van der Waals surface area contributed by atoms with Crippen molar-refractivity contribution in [2.24, 2.45) is 0 Å². The van der Waals surface area contributed by atoms with E-state index < -0.39 is 0 Å². The molecule has 1 aliphatic heterocycles. The van der Waals surface area contributed by atoms with Gasteiger partial charge in [0, 0.05) is 7.11 Å². The molecule has 10 heavy (non-hydrogen) atoms. The fourth-order valence-electron chi connectivity index (χ4n) is 1.13. The summed E-state index contributed by atoms with van der Waals surface area (Å²) in [6.07, 6.45) is 5.59. The Labute approximate surface area is 62.5 Å². The van der Waals surface area contributed by atoms with Crippen LogP contribution in [0.4, 0.5) is 0 Å². The number of ether oxygens (including phenoxy) is 2. The van der Waals surface area contributed by atoms with Crippen molar-refractivity contribution in [2.75, 3.05) is 7.11 Å². The normalized spacial score (nSPS) is 30.6. The van der Waals surface area contributed by atoms with Gasteiger partial charge in [0.1, 0.15) is 6.10 Å². The molecule has 0 aromatic carbocycles.